The second kappa shape index (κ2) is 6.96. The highest BCUT2D eigenvalue weighted by atomic mass is 16.4. The van der Waals surface area contributed by atoms with Gasteiger partial charge in [0.15, 0.2) is 0 Å². The molecular formula is C21H15N3O2. The van der Waals surface area contributed by atoms with Crippen molar-refractivity contribution >= 4 is 5.97 Å². The Hall–Kier alpha value is -3.83. The Morgan fingerprint density at radius 2 is 1.73 bits per heavy atom. The number of benzene rings is 2. The van der Waals surface area contributed by atoms with Crippen molar-refractivity contribution in [2.24, 2.45) is 7.05 Å². The average Bonchev–Trinajstić information content (AvgIpc) is 2.99. The topological polar surface area (TPSA) is 89.8 Å². The molecule has 1 N–H and O–H groups in total. The van der Waals surface area contributed by atoms with E-state index in [1.54, 1.807) is 19.2 Å². The molecule has 0 fully saturated rings. The number of hydrogen-bond donors (Lipinski definition) is 1. The lowest BCUT2D eigenvalue weighted by Crippen LogP contribution is -2.05. The van der Waals surface area contributed by atoms with Gasteiger partial charge in [-0.3, -0.25) is 0 Å². The third-order valence-corrected chi connectivity index (χ3v) is 4.28. The zero-order chi connectivity index (χ0) is 18.7. The van der Waals surface area contributed by atoms with Crippen LogP contribution < -0.4 is 0 Å². The summed E-state index contributed by atoms with van der Waals surface area (Å²) in [6, 6.07) is 19.3. The van der Waals surface area contributed by atoms with E-state index in [4.69, 9.17) is 5.26 Å². The molecule has 1 heterocycles. The molecular weight excluding hydrogens is 326 g/mol. The first kappa shape index (κ1) is 17.0. The number of aromatic carboxylic acids is 1. The number of hydrogen-bond acceptors (Lipinski definition) is 3. The van der Waals surface area contributed by atoms with Gasteiger partial charge in [-0.1, -0.05) is 48.5 Å². The smallest absolute Gasteiger partial charge is 0.353 e. The van der Waals surface area contributed by atoms with Gasteiger partial charge in [0.05, 0.1) is 18.1 Å². The average molecular weight is 341 g/mol. The van der Waals surface area contributed by atoms with Crippen molar-refractivity contribution in [2.75, 3.05) is 0 Å². The van der Waals surface area contributed by atoms with Crippen LogP contribution in [0.2, 0.25) is 0 Å². The molecule has 0 spiro atoms. The van der Waals surface area contributed by atoms with Gasteiger partial charge in [0.1, 0.15) is 11.8 Å². The Bertz CT molecular complexity index is 1060. The molecule has 0 aliphatic carbocycles. The summed E-state index contributed by atoms with van der Waals surface area (Å²) in [5, 5.41) is 27.8. The highest BCUT2D eigenvalue weighted by Crippen LogP contribution is 2.32. The molecule has 5 heteroatoms. The number of aromatic nitrogens is 1. The molecule has 26 heavy (non-hydrogen) atoms. The van der Waals surface area contributed by atoms with Crippen LogP contribution >= 0.6 is 0 Å². The van der Waals surface area contributed by atoms with Gasteiger partial charge in [-0.05, 0) is 22.3 Å². The second-order valence-electron chi connectivity index (χ2n) is 5.86. The van der Waals surface area contributed by atoms with E-state index in [1.807, 2.05) is 36.4 Å². The van der Waals surface area contributed by atoms with Gasteiger partial charge in [-0.2, -0.15) is 10.5 Å². The maximum Gasteiger partial charge on any atom is 0.353 e. The Kier molecular flexibility index (Phi) is 4.55. The summed E-state index contributed by atoms with van der Waals surface area (Å²) in [4.78, 5) is 11.6. The van der Waals surface area contributed by atoms with E-state index in [-0.39, 0.29) is 5.69 Å². The van der Waals surface area contributed by atoms with Crippen LogP contribution in [0.5, 0.6) is 0 Å². The van der Waals surface area contributed by atoms with Gasteiger partial charge in [-0.25, -0.2) is 4.79 Å². The Morgan fingerprint density at radius 1 is 1.08 bits per heavy atom. The van der Waals surface area contributed by atoms with Crippen LogP contribution in [0.3, 0.4) is 0 Å². The summed E-state index contributed by atoms with van der Waals surface area (Å²) >= 11 is 0. The molecule has 0 bridgehead atoms. The van der Waals surface area contributed by atoms with Crippen LogP contribution in [0.25, 0.3) is 22.3 Å². The van der Waals surface area contributed by atoms with Crippen LogP contribution in [0.1, 0.15) is 21.6 Å². The van der Waals surface area contributed by atoms with Crippen molar-refractivity contribution in [2.45, 2.75) is 6.42 Å². The predicted molar refractivity (Wildman–Crippen MR) is 97.3 cm³/mol. The van der Waals surface area contributed by atoms with Gasteiger partial charge >= 0.3 is 5.97 Å². The van der Waals surface area contributed by atoms with Crippen LogP contribution in [-0.4, -0.2) is 15.6 Å². The molecule has 0 atom stereocenters. The van der Waals surface area contributed by atoms with Crippen molar-refractivity contribution in [1.82, 2.24) is 4.57 Å². The first-order chi connectivity index (χ1) is 12.6. The highest BCUT2D eigenvalue weighted by Gasteiger charge is 2.21. The van der Waals surface area contributed by atoms with E-state index in [9.17, 15) is 15.2 Å². The zero-order valence-corrected chi connectivity index (χ0v) is 14.1. The van der Waals surface area contributed by atoms with Gasteiger partial charge in [0.2, 0.25) is 0 Å². The lowest BCUT2D eigenvalue weighted by molar-refractivity contribution is 0.0687. The van der Waals surface area contributed by atoms with E-state index in [0.29, 0.717) is 23.1 Å². The van der Waals surface area contributed by atoms with Crippen LogP contribution in [0.4, 0.5) is 0 Å². The number of carboxylic acid groups (broad SMARTS) is 1. The Labute approximate surface area is 151 Å². The minimum absolute atomic E-state index is 0.0826. The van der Waals surface area contributed by atoms with Crippen molar-refractivity contribution < 1.29 is 9.90 Å². The number of carboxylic acids is 1. The first-order valence-electron chi connectivity index (χ1n) is 7.95. The number of nitrogens with zero attached hydrogens (tertiary/aromatic N) is 3. The van der Waals surface area contributed by atoms with E-state index < -0.39 is 5.97 Å². The molecule has 1 aromatic heterocycles. The molecule has 0 aliphatic rings. The second-order valence-corrected chi connectivity index (χ2v) is 5.86. The third kappa shape index (κ3) is 2.94. The number of aryl methyl sites for hydroxylation is 1. The Balaban J connectivity index is 2.10. The van der Waals surface area contributed by atoms with Crippen LogP contribution in [-0.2, 0) is 13.5 Å². The molecule has 3 rings (SSSR count). The standard InChI is InChI=1S/C21H15N3O2/c1-24-13-17(12-23)19(20(24)21(25)26)16-8-6-15(7-9-16)18-5-3-2-4-14(18)10-11-22/h2-9,13H,10H2,1H3,(H,25,26). The fraction of sp³-hybridized carbons (Fsp3) is 0.0952. The summed E-state index contributed by atoms with van der Waals surface area (Å²) in [6.07, 6.45) is 1.84. The molecule has 0 aliphatic heterocycles. The lowest BCUT2D eigenvalue weighted by atomic mass is 9.95. The van der Waals surface area contributed by atoms with Crippen molar-refractivity contribution in [1.29, 1.82) is 10.5 Å². The molecule has 0 radical (unpaired) electrons. The van der Waals surface area contributed by atoms with Crippen LogP contribution in [0, 0.1) is 22.7 Å². The largest absolute Gasteiger partial charge is 0.477 e. The number of nitriles is 2. The van der Waals surface area contributed by atoms with Crippen molar-refractivity contribution in [3.8, 4) is 34.4 Å². The maximum absolute atomic E-state index is 11.6. The van der Waals surface area contributed by atoms with E-state index in [0.717, 1.165) is 16.7 Å². The fourth-order valence-electron chi connectivity index (χ4n) is 3.12. The molecule has 5 nitrogen and oxygen atoms in total. The summed E-state index contributed by atoms with van der Waals surface area (Å²) in [5.74, 6) is -1.08. The van der Waals surface area contributed by atoms with Crippen molar-refractivity contribution in [3.05, 3.63) is 71.5 Å². The SMILES string of the molecule is Cn1cc(C#N)c(-c2ccc(-c3ccccc3CC#N)cc2)c1C(=O)O. The maximum atomic E-state index is 11.6. The minimum Gasteiger partial charge on any atom is -0.477 e. The summed E-state index contributed by atoms with van der Waals surface area (Å²) < 4.78 is 1.45. The summed E-state index contributed by atoms with van der Waals surface area (Å²) in [5.41, 5.74) is 4.33. The molecule has 126 valence electrons. The quantitative estimate of drug-likeness (QED) is 0.777. The van der Waals surface area contributed by atoms with Gasteiger partial charge in [-0.15, -0.1) is 0 Å². The van der Waals surface area contributed by atoms with Crippen molar-refractivity contribution in [3.63, 3.8) is 0 Å². The minimum atomic E-state index is -1.08. The molecule has 3 aromatic rings. The van der Waals surface area contributed by atoms with Crippen LogP contribution in [0.15, 0.2) is 54.7 Å². The van der Waals surface area contributed by atoms with E-state index in [2.05, 4.69) is 12.1 Å². The number of carbonyl (C=O) groups is 1. The molecule has 0 saturated carbocycles. The molecule has 0 amide bonds. The highest BCUT2D eigenvalue weighted by molar-refractivity contribution is 5.96. The molecule has 0 unspecified atom stereocenters. The van der Waals surface area contributed by atoms with E-state index >= 15 is 0 Å². The van der Waals surface area contributed by atoms with Gasteiger partial charge in [0, 0.05) is 18.8 Å². The molecule has 0 saturated heterocycles. The zero-order valence-electron chi connectivity index (χ0n) is 14.1. The third-order valence-electron chi connectivity index (χ3n) is 4.28. The Morgan fingerprint density at radius 3 is 2.35 bits per heavy atom. The number of rotatable bonds is 4. The van der Waals surface area contributed by atoms with Gasteiger partial charge in [0.25, 0.3) is 0 Å². The fourth-order valence-corrected chi connectivity index (χ4v) is 3.12. The normalized spacial score (nSPS) is 10.1. The summed E-state index contributed by atoms with van der Waals surface area (Å²) in [6.45, 7) is 0. The van der Waals surface area contributed by atoms with E-state index in [1.165, 1.54) is 10.8 Å². The predicted octanol–water partition coefficient (Wildman–Crippen LogP) is 4.00. The molecule has 2 aromatic carbocycles. The lowest BCUT2D eigenvalue weighted by Gasteiger charge is -2.09. The monoisotopic (exact) mass is 341 g/mol. The first-order valence-corrected chi connectivity index (χ1v) is 7.95. The summed E-state index contributed by atoms with van der Waals surface area (Å²) in [7, 11) is 1.61. The van der Waals surface area contributed by atoms with Gasteiger partial charge < -0.3 is 9.67 Å².